The lowest BCUT2D eigenvalue weighted by Crippen LogP contribution is -2.11. The maximum atomic E-state index is 11.0. The van der Waals surface area contributed by atoms with Crippen molar-refractivity contribution in [2.24, 2.45) is 5.92 Å². The lowest BCUT2D eigenvalue weighted by atomic mass is 10.0. The highest BCUT2D eigenvalue weighted by atomic mass is 16.4. The number of carboxylic acid groups (broad SMARTS) is 1. The summed E-state index contributed by atoms with van der Waals surface area (Å²) in [5.41, 5.74) is 1.89. The molecule has 0 bridgehead atoms. The first-order valence-corrected chi connectivity index (χ1v) is 6.44. The number of carboxylic acids is 1. The van der Waals surface area contributed by atoms with E-state index < -0.39 is 5.97 Å². The highest BCUT2D eigenvalue weighted by Gasteiger charge is 2.11. The van der Waals surface area contributed by atoms with Crippen molar-refractivity contribution in [1.82, 2.24) is 9.55 Å². The fraction of sp³-hybridized carbons (Fsp3) is 0.429. The van der Waals surface area contributed by atoms with Crippen LogP contribution in [-0.2, 0) is 6.54 Å². The minimum atomic E-state index is -0.933. The van der Waals surface area contributed by atoms with Gasteiger partial charge in [0.05, 0.1) is 22.9 Å². The normalized spacial score (nSPS) is 12.7. The Morgan fingerprint density at radius 1 is 1.47 bits per heavy atom. The molecule has 0 spiro atoms. The Balaban J connectivity index is 2.32. The van der Waals surface area contributed by atoms with Crippen molar-refractivity contribution in [3.05, 3.63) is 30.1 Å². The quantitative estimate of drug-likeness (QED) is 0.836. The average Bonchev–Trinajstić information content (AvgIpc) is 2.80. The maximum Gasteiger partial charge on any atom is 0.335 e. The molecule has 102 valence electrons. The molecule has 0 aliphatic rings. The van der Waals surface area contributed by atoms with E-state index in [0.29, 0.717) is 5.92 Å². The number of fused-ring (bicyclic) bond motifs is 1. The third-order valence-electron chi connectivity index (χ3n) is 3.44. The average molecular weight is 262 g/mol. The first kappa shape index (κ1) is 13.5. The second-order valence-electron chi connectivity index (χ2n) is 4.69. The summed E-state index contributed by atoms with van der Waals surface area (Å²) in [5, 5.41) is 18.0. The molecule has 2 aromatic rings. The molecule has 0 saturated carbocycles. The number of nitrogens with zero attached hydrogens (tertiary/aromatic N) is 2. The third-order valence-corrected chi connectivity index (χ3v) is 3.44. The first-order chi connectivity index (χ1) is 9.15. The highest BCUT2D eigenvalue weighted by molar-refractivity contribution is 5.92. The summed E-state index contributed by atoms with van der Waals surface area (Å²) in [7, 11) is 0. The fourth-order valence-corrected chi connectivity index (χ4v) is 2.22. The third kappa shape index (κ3) is 2.93. The van der Waals surface area contributed by atoms with Gasteiger partial charge in [-0.3, -0.25) is 0 Å². The summed E-state index contributed by atoms with van der Waals surface area (Å²) in [6, 6.07) is 4.94. The number of aliphatic hydroxyl groups is 1. The number of aliphatic hydroxyl groups excluding tert-OH is 1. The van der Waals surface area contributed by atoms with E-state index in [2.05, 4.69) is 11.9 Å². The van der Waals surface area contributed by atoms with Gasteiger partial charge < -0.3 is 14.8 Å². The van der Waals surface area contributed by atoms with Crippen LogP contribution in [0.4, 0.5) is 0 Å². The summed E-state index contributed by atoms with van der Waals surface area (Å²) in [6.07, 6.45) is 3.45. The van der Waals surface area contributed by atoms with E-state index in [1.165, 1.54) is 0 Å². The molecule has 0 aliphatic carbocycles. The summed E-state index contributed by atoms with van der Waals surface area (Å²) in [4.78, 5) is 15.3. The molecule has 0 aliphatic heterocycles. The molecule has 0 radical (unpaired) electrons. The molecule has 1 atom stereocenters. The van der Waals surface area contributed by atoms with E-state index in [1.807, 2.05) is 4.57 Å². The largest absolute Gasteiger partial charge is 0.478 e. The zero-order valence-corrected chi connectivity index (χ0v) is 10.9. The number of carbonyl (C=O) groups is 1. The van der Waals surface area contributed by atoms with Crippen LogP contribution in [0.15, 0.2) is 24.5 Å². The van der Waals surface area contributed by atoms with Crippen LogP contribution < -0.4 is 0 Å². The van der Waals surface area contributed by atoms with Crippen LogP contribution in [0.25, 0.3) is 11.0 Å². The van der Waals surface area contributed by atoms with Crippen LogP contribution in [0.2, 0.25) is 0 Å². The van der Waals surface area contributed by atoms with Crippen molar-refractivity contribution in [2.45, 2.75) is 26.3 Å². The Morgan fingerprint density at radius 3 is 2.89 bits per heavy atom. The molecule has 0 fully saturated rings. The summed E-state index contributed by atoms with van der Waals surface area (Å²) in [5.74, 6) is -0.562. The Labute approximate surface area is 111 Å². The molecule has 2 rings (SSSR count). The minimum Gasteiger partial charge on any atom is -0.478 e. The van der Waals surface area contributed by atoms with Crippen LogP contribution in [0.1, 0.15) is 30.1 Å². The number of aromatic carboxylic acids is 1. The lowest BCUT2D eigenvalue weighted by Gasteiger charge is -2.14. The van der Waals surface area contributed by atoms with Crippen LogP contribution >= 0.6 is 0 Å². The van der Waals surface area contributed by atoms with Crippen molar-refractivity contribution in [2.75, 3.05) is 6.61 Å². The smallest absolute Gasteiger partial charge is 0.335 e. The summed E-state index contributed by atoms with van der Waals surface area (Å²) < 4.78 is 1.96. The fourth-order valence-electron chi connectivity index (χ4n) is 2.22. The summed E-state index contributed by atoms with van der Waals surface area (Å²) in [6.45, 7) is 3.00. The summed E-state index contributed by atoms with van der Waals surface area (Å²) >= 11 is 0. The van der Waals surface area contributed by atoms with Crippen LogP contribution in [0.5, 0.6) is 0 Å². The molecule has 0 amide bonds. The van der Waals surface area contributed by atoms with Crippen LogP contribution in [0, 0.1) is 5.92 Å². The van der Waals surface area contributed by atoms with Crippen LogP contribution in [0.3, 0.4) is 0 Å². The van der Waals surface area contributed by atoms with E-state index in [-0.39, 0.29) is 12.2 Å². The SMILES string of the molecule is CCC(CCO)Cn1cnc2ccc(C(=O)O)cc21. The standard InChI is InChI=1S/C14H18N2O3/c1-2-10(5-6-17)8-16-9-15-12-4-3-11(14(18)19)7-13(12)16/h3-4,7,9-10,17H,2,5-6,8H2,1H3,(H,18,19). The van der Waals surface area contributed by atoms with Gasteiger partial charge in [-0.15, -0.1) is 0 Å². The maximum absolute atomic E-state index is 11.0. The Bertz CT molecular complexity index is 577. The number of hydrogen-bond donors (Lipinski definition) is 2. The van der Waals surface area contributed by atoms with E-state index in [1.54, 1.807) is 24.5 Å². The molecule has 1 aromatic carbocycles. The van der Waals surface area contributed by atoms with Gasteiger partial charge in [-0.2, -0.15) is 0 Å². The van der Waals surface area contributed by atoms with Crippen molar-refractivity contribution in [3.8, 4) is 0 Å². The number of rotatable bonds is 6. The number of hydrogen-bond acceptors (Lipinski definition) is 3. The van der Waals surface area contributed by atoms with Gasteiger partial charge in [0.25, 0.3) is 0 Å². The predicted molar refractivity (Wildman–Crippen MR) is 72.2 cm³/mol. The van der Waals surface area contributed by atoms with Crippen molar-refractivity contribution >= 4 is 17.0 Å². The van der Waals surface area contributed by atoms with Gasteiger partial charge in [0.1, 0.15) is 0 Å². The van der Waals surface area contributed by atoms with Crippen molar-refractivity contribution < 1.29 is 15.0 Å². The van der Waals surface area contributed by atoms with E-state index in [0.717, 1.165) is 30.4 Å². The molecule has 0 saturated heterocycles. The Morgan fingerprint density at radius 2 is 2.26 bits per heavy atom. The molecule has 1 unspecified atom stereocenters. The van der Waals surface area contributed by atoms with Gasteiger partial charge in [-0.1, -0.05) is 13.3 Å². The molecular weight excluding hydrogens is 244 g/mol. The molecule has 5 nitrogen and oxygen atoms in total. The molecule has 1 heterocycles. The van der Waals surface area contributed by atoms with E-state index in [4.69, 9.17) is 10.2 Å². The number of benzene rings is 1. The van der Waals surface area contributed by atoms with Crippen molar-refractivity contribution in [3.63, 3.8) is 0 Å². The van der Waals surface area contributed by atoms with Gasteiger partial charge in [0.15, 0.2) is 0 Å². The molecule has 2 N–H and O–H groups in total. The molecule has 5 heteroatoms. The van der Waals surface area contributed by atoms with Gasteiger partial charge in [-0.05, 0) is 30.5 Å². The Hall–Kier alpha value is -1.88. The van der Waals surface area contributed by atoms with Crippen molar-refractivity contribution in [1.29, 1.82) is 0 Å². The Kier molecular flexibility index (Phi) is 4.16. The first-order valence-electron chi connectivity index (χ1n) is 6.44. The van der Waals surface area contributed by atoms with Gasteiger partial charge in [-0.25, -0.2) is 9.78 Å². The second-order valence-corrected chi connectivity index (χ2v) is 4.69. The zero-order chi connectivity index (χ0) is 13.8. The lowest BCUT2D eigenvalue weighted by molar-refractivity contribution is 0.0697. The van der Waals surface area contributed by atoms with E-state index >= 15 is 0 Å². The molecular formula is C14H18N2O3. The zero-order valence-electron chi connectivity index (χ0n) is 10.9. The highest BCUT2D eigenvalue weighted by Crippen LogP contribution is 2.19. The van der Waals surface area contributed by atoms with E-state index in [9.17, 15) is 4.79 Å². The minimum absolute atomic E-state index is 0.172. The molecule has 1 aromatic heterocycles. The predicted octanol–water partition coefficient (Wildman–Crippen LogP) is 2.14. The van der Waals surface area contributed by atoms with Crippen LogP contribution in [-0.4, -0.2) is 32.3 Å². The topological polar surface area (TPSA) is 75.3 Å². The number of aromatic nitrogens is 2. The van der Waals surface area contributed by atoms with Gasteiger partial charge in [0.2, 0.25) is 0 Å². The second kappa shape index (κ2) is 5.84. The van der Waals surface area contributed by atoms with Gasteiger partial charge >= 0.3 is 5.97 Å². The van der Waals surface area contributed by atoms with Gasteiger partial charge in [0, 0.05) is 13.2 Å². The monoisotopic (exact) mass is 262 g/mol. The number of imidazole rings is 1. The molecule has 19 heavy (non-hydrogen) atoms.